The molecule has 0 saturated heterocycles. The van der Waals surface area contributed by atoms with Gasteiger partial charge in [0, 0.05) is 9.15 Å². The highest BCUT2D eigenvalue weighted by molar-refractivity contribution is 14.1. The smallest absolute Gasteiger partial charge is 0.0281 e. The van der Waals surface area contributed by atoms with Crippen LogP contribution in [0.3, 0.4) is 0 Å². The van der Waals surface area contributed by atoms with Gasteiger partial charge in [0.25, 0.3) is 0 Å². The lowest BCUT2D eigenvalue weighted by Gasteiger charge is -2.13. The van der Waals surface area contributed by atoms with Gasteiger partial charge in [-0.25, -0.2) is 0 Å². The van der Waals surface area contributed by atoms with Gasteiger partial charge in [-0.05, 0) is 46.2 Å². The number of benzene rings is 2. The van der Waals surface area contributed by atoms with Crippen molar-refractivity contribution < 1.29 is 0 Å². The van der Waals surface area contributed by atoms with Gasteiger partial charge in [-0.15, -0.1) is 0 Å². The summed E-state index contributed by atoms with van der Waals surface area (Å²) in [6, 6.07) is 19.0. The maximum absolute atomic E-state index is 4.08. The highest BCUT2D eigenvalue weighted by atomic mass is 127. The summed E-state index contributed by atoms with van der Waals surface area (Å²) in [5.74, 6) is 0. The van der Waals surface area contributed by atoms with Gasteiger partial charge in [0.15, 0.2) is 0 Å². The second kappa shape index (κ2) is 6.71. The van der Waals surface area contributed by atoms with Crippen molar-refractivity contribution in [1.29, 1.82) is 0 Å². The van der Waals surface area contributed by atoms with E-state index < -0.39 is 0 Å². The van der Waals surface area contributed by atoms with E-state index in [-0.39, 0.29) is 0 Å². The molecule has 2 aromatic rings. The van der Waals surface area contributed by atoms with Crippen molar-refractivity contribution in [2.24, 2.45) is 0 Å². The fourth-order valence-corrected chi connectivity index (χ4v) is 2.84. The highest BCUT2D eigenvalue weighted by Gasteiger charge is 2.11. The van der Waals surface area contributed by atoms with Gasteiger partial charge in [-0.1, -0.05) is 79.4 Å². The Morgan fingerprint density at radius 3 is 2.05 bits per heavy atom. The first-order chi connectivity index (χ1) is 9.63. The maximum Gasteiger partial charge on any atom is 0.0281 e. The average molecular weight is 372 g/mol. The van der Waals surface area contributed by atoms with Gasteiger partial charge in [-0.2, -0.15) is 0 Å². The Morgan fingerprint density at radius 1 is 0.950 bits per heavy atom. The SMILES string of the molecule is C=CC(=C)/C(I)=C(\c1ccccc1)c1ccc(C)cc1. The van der Waals surface area contributed by atoms with Gasteiger partial charge in [0.2, 0.25) is 0 Å². The molecule has 0 saturated carbocycles. The first-order valence-corrected chi connectivity index (χ1v) is 7.55. The molecule has 0 aliphatic heterocycles. The molecular formula is C19H17I. The van der Waals surface area contributed by atoms with Crippen LogP contribution in [-0.4, -0.2) is 0 Å². The van der Waals surface area contributed by atoms with Crippen molar-refractivity contribution in [2.75, 3.05) is 0 Å². The minimum atomic E-state index is 0.949. The van der Waals surface area contributed by atoms with E-state index in [1.165, 1.54) is 22.3 Å². The normalized spacial score (nSPS) is 11.7. The minimum absolute atomic E-state index is 0.949. The lowest BCUT2D eigenvalue weighted by Crippen LogP contribution is -1.92. The fourth-order valence-electron chi connectivity index (χ4n) is 2.00. The Kier molecular flexibility index (Phi) is 4.96. The lowest BCUT2D eigenvalue weighted by molar-refractivity contribution is 1.44. The number of hydrogen-bond acceptors (Lipinski definition) is 0. The second-order valence-corrected chi connectivity index (χ2v) is 5.73. The number of rotatable bonds is 4. The molecule has 0 amide bonds. The zero-order chi connectivity index (χ0) is 14.5. The number of halogens is 1. The molecule has 0 unspecified atom stereocenters. The quantitative estimate of drug-likeness (QED) is 0.461. The van der Waals surface area contributed by atoms with Crippen molar-refractivity contribution in [3.05, 3.63) is 99.7 Å². The molecule has 0 spiro atoms. The van der Waals surface area contributed by atoms with E-state index in [1.54, 1.807) is 6.08 Å². The number of allylic oxidation sites excluding steroid dienone is 3. The molecule has 0 nitrogen and oxygen atoms in total. The first kappa shape index (κ1) is 14.8. The first-order valence-electron chi connectivity index (χ1n) is 6.47. The number of aryl methyl sites for hydroxylation is 1. The van der Waals surface area contributed by atoms with Gasteiger partial charge in [-0.3, -0.25) is 0 Å². The molecule has 0 aliphatic rings. The van der Waals surface area contributed by atoms with Crippen LogP contribution in [0.15, 0.2) is 83.0 Å². The average Bonchev–Trinajstić information content (AvgIpc) is 2.49. The Bertz CT molecular complexity index is 646. The van der Waals surface area contributed by atoms with Crippen molar-refractivity contribution in [1.82, 2.24) is 0 Å². The third-order valence-corrected chi connectivity index (χ3v) is 4.38. The molecule has 20 heavy (non-hydrogen) atoms. The zero-order valence-corrected chi connectivity index (χ0v) is 13.7. The maximum atomic E-state index is 4.08. The summed E-state index contributed by atoms with van der Waals surface area (Å²) in [6.07, 6.45) is 1.80. The Labute approximate surface area is 134 Å². The van der Waals surface area contributed by atoms with E-state index in [2.05, 4.69) is 91.2 Å². The summed E-state index contributed by atoms with van der Waals surface area (Å²) in [5, 5.41) is 0. The van der Waals surface area contributed by atoms with Crippen molar-refractivity contribution in [3.63, 3.8) is 0 Å². The molecule has 0 fully saturated rings. The number of hydrogen-bond donors (Lipinski definition) is 0. The van der Waals surface area contributed by atoms with Crippen molar-refractivity contribution in [2.45, 2.75) is 6.92 Å². The van der Waals surface area contributed by atoms with Crippen LogP contribution in [0, 0.1) is 6.92 Å². The Balaban J connectivity index is 2.65. The predicted octanol–water partition coefficient (Wildman–Crippen LogP) is 5.93. The van der Waals surface area contributed by atoms with Crippen LogP contribution in [-0.2, 0) is 0 Å². The van der Waals surface area contributed by atoms with Gasteiger partial charge < -0.3 is 0 Å². The molecule has 0 N–H and O–H groups in total. The van der Waals surface area contributed by atoms with Crippen LogP contribution in [0.25, 0.3) is 5.57 Å². The van der Waals surface area contributed by atoms with Gasteiger partial charge in [0.05, 0.1) is 0 Å². The van der Waals surface area contributed by atoms with Crippen LogP contribution in [0.1, 0.15) is 16.7 Å². The molecule has 0 aromatic heterocycles. The van der Waals surface area contributed by atoms with Crippen LogP contribution >= 0.6 is 22.6 Å². The van der Waals surface area contributed by atoms with Crippen LogP contribution in [0.5, 0.6) is 0 Å². The predicted molar refractivity (Wildman–Crippen MR) is 97.0 cm³/mol. The Morgan fingerprint density at radius 2 is 1.50 bits per heavy atom. The minimum Gasteiger partial charge on any atom is -0.0985 e. The molecule has 1 heteroatoms. The van der Waals surface area contributed by atoms with E-state index in [9.17, 15) is 0 Å². The molecule has 0 heterocycles. The fraction of sp³-hybridized carbons (Fsp3) is 0.0526. The molecule has 0 atom stereocenters. The van der Waals surface area contributed by atoms with Crippen LogP contribution < -0.4 is 0 Å². The van der Waals surface area contributed by atoms with E-state index in [0.717, 1.165) is 9.15 Å². The Hall–Kier alpha value is -1.61. The molecule has 2 rings (SSSR count). The zero-order valence-electron chi connectivity index (χ0n) is 11.6. The van der Waals surface area contributed by atoms with Crippen molar-refractivity contribution >= 4 is 28.2 Å². The molecule has 2 aromatic carbocycles. The summed E-state index contributed by atoms with van der Waals surface area (Å²) in [7, 11) is 0. The van der Waals surface area contributed by atoms with E-state index >= 15 is 0 Å². The molecule has 0 aliphatic carbocycles. The summed E-state index contributed by atoms with van der Waals surface area (Å²) in [5.41, 5.74) is 5.82. The van der Waals surface area contributed by atoms with E-state index in [4.69, 9.17) is 0 Å². The largest absolute Gasteiger partial charge is 0.0985 e. The summed E-state index contributed by atoms with van der Waals surface area (Å²) in [4.78, 5) is 0. The molecule has 0 radical (unpaired) electrons. The van der Waals surface area contributed by atoms with Crippen molar-refractivity contribution in [3.8, 4) is 0 Å². The summed E-state index contributed by atoms with van der Waals surface area (Å²) < 4.78 is 1.13. The highest BCUT2D eigenvalue weighted by Crippen LogP contribution is 2.34. The van der Waals surface area contributed by atoms with E-state index in [0.29, 0.717) is 0 Å². The molecular weight excluding hydrogens is 355 g/mol. The van der Waals surface area contributed by atoms with Gasteiger partial charge >= 0.3 is 0 Å². The topological polar surface area (TPSA) is 0 Å². The van der Waals surface area contributed by atoms with E-state index in [1.807, 2.05) is 6.07 Å². The molecule has 100 valence electrons. The summed E-state index contributed by atoms with van der Waals surface area (Å²) in [6.45, 7) is 10.0. The standard InChI is InChI=1S/C19H17I/c1-4-15(3)19(20)18(16-8-6-5-7-9-16)17-12-10-14(2)11-13-17/h4-13H,1,3H2,2H3/b19-18-. The third-order valence-electron chi connectivity index (χ3n) is 3.15. The lowest BCUT2D eigenvalue weighted by atomic mass is 9.95. The molecule has 0 bridgehead atoms. The second-order valence-electron chi connectivity index (χ2n) is 4.65. The van der Waals surface area contributed by atoms with Crippen LogP contribution in [0.2, 0.25) is 0 Å². The van der Waals surface area contributed by atoms with Gasteiger partial charge in [0.1, 0.15) is 0 Å². The van der Waals surface area contributed by atoms with Crippen LogP contribution in [0.4, 0.5) is 0 Å². The summed E-state index contributed by atoms with van der Waals surface area (Å²) >= 11 is 2.35. The third kappa shape index (κ3) is 3.28. The monoisotopic (exact) mass is 372 g/mol.